The minimum atomic E-state index is -0.144. The van der Waals surface area contributed by atoms with E-state index in [0.717, 1.165) is 29.2 Å². The molecule has 1 aromatic heterocycles. The summed E-state index contributed by atoms with van der Waals surface area (Å²) in [6.45, 7) is 1.67. The van der Waals surface area contributed by atoms with E-state index >= 15 is 0 Å². The van der Waals surface area contributed by atoms with Crippen LogP contribution in [0, 0.1) is 5.92 Å². The van der Waals surface area contributed by atoms with E-state index in [1.807, 2.05) is 24.3 Å². The van der Waals surface area contributed by atoms with Gasteiger partial charge in [-0.2, -0.15) is 8.75 Å². The Labute approximate surface area is 161 Å². The van der Waals surface area contributed by atoms with Crippen molar-refractivity contribution < 1.29 is 9.59 Å². The largest absolute Gasteiger partial charge is 0.355 e. The molecule has 138 valence electrons. The Morgan fingerprint density at radius 2 is 1.93 bits per heavy atom. The maximum Gasteiger partial charge on any atom is 0.253 e. The molecule has 0 aliphatic carbocycles. The van der Waals surface area contributed by atoms with Crippen LogP contribution in [0.1, 0.15) is 22.3 Å². The van der Waals surface area contributed by atoms with Gasteiger partial charge in [-0.15, -0.1) is 0 Å². The highest BCUT2D eigenvalue weighted by Gasteiger charge is 2.31. The molecule has 3 aromatic rings. The van der Waals surface area contributed by atoms with Gasteiger partial charge in [0, 0.05) is 25.2 Å². The second-order valence-corrected chi connectivity index (χ2v) is 7.26. The summed E-state index contributed by atoms with van der Waals surface area (Å²) in [5.41, 5.74) is 3.34. The molecule has 1 fully saturated rings. The van der Waals surface area contributed by atoms with Crippen LogP contribution in [0.3, 0.4) is 0 Å². The lowest BCUT2D eigenvalue weighted by Crippen LogP contribution is -2.35. The molecule has 0 spiro atoms. The number of nitrogens with zero attached hydrogens (tertiary/aromatic N) is 3. The minimum Gasteiger partial charge on any atom is -0.355 e. The lowest BCUT2D eigenvalue weighted by atomic mass is 10.1. The molecular weight excluding hydrogens is 360 g/mol. The van der Waals surface area contributed by atoms with Crippen LogP contribution in [0.5, 0.6) is 0 Å². The monoisotopic (exact) mass is 380 g/mol. The van der Waals surface area contributed by atoms with Gasteiger partial charge in [-0.25, -0.2) is 0 Å². The Bertz CT molecular complexity index is 957. The van der Waals surface area contributed by atoms with E-state index in [1.54, 1.807) is 17.0 Å². The third kappa shape index (κ3) is 3.98. The molecule has 7 heteroatoms. The quantitative estimate of drug-likeness (QED) is 0.738. The van der Waals surface area contributed by atoms with Crippen molar-refractivity contribution in [2.45, 2.75) is 12.8 Å². The van der Waals surface area contributed by atoms with E-state index in [1.165, 1.54) is 5.56 Å². The molecular formula is C20H20N4O2S. The van der Waals surface area contributed by atoms with Crippen molar-refractivity contribution in [1.82, 2.24) is 19.0 Å². The highest BCUT2D eigenvalue weighted by atomic mass is 32.1. The van der Waals surface area contributed by atoms with E-state index in [9.17, 15) is 9.59 Å². The van der Waals surface area contributed by atoms with E-state index < -0.39 is 0 Å². The number of fused-ring (bicyclic) bond motifs is 1. The zero-order valence-corrected chi connectivity index (χ0v) is 15.6. The molecule has 1 atom stereocenters. The van der Waals surface area contributed by atoms with Crippen LogP contribution in [0.25, 0.3) is 11.0 Å². The molecule has 1 saturated heterocycles. The lowest BCUT2D eigenvalue weighted by Gasteiger charge is -2.16. The Morgan fingerprint density at radius 3 is 2.78 bits per heavy atom. The van der Waals surface area contributed by atoms with E-state index in [0.29, 0.717) is 31.6 Å². The highest BCUT2D eigenvalue weighted by Crippen LogP contribution is 2.21. The molecule has 6 nitrogen and oxygen atoms in total. The third-order valence-electron chi connectivity index (χ3n) is 4.90. The molecule has 2 amide bonds. The Morgan fingerprint density at radius 1 is 1.11 bits per heavy atom. The van der Waals surface area contributed by atoms with Crippen molar-refractivity contribution in [3.05, 3.63) is 59.7 Å². The summed E-state index contributed by atoms with van der Waals surface area (Å²) in [5.74, 6) is -0.167. The van der Waals surface area contributed by atoms with Crippen molar-refractivity contribution in [3.8, 4) is 0 Å². The molecule has 1 aliphatic rings. The molecule has 1 aliphatic heterocycles. The van der Waals surface area contributed by atoms with Gasteiger partial charge in [-0.1, -0.05) is 30.3 Å². The minimum absolute atomic E-state index is 0.0281. The lowest BCUT2D eigenvalue weighted by molar-refractivity contribution is -0.124. The van der Waals surface area contributed by atoms with Crippen LogP contribution in [-0.4, -0.2) is 45.1 Å². The van der Waals surface area contributed by atoms with Gasteiger partial charge in [0.05, 0.1) is 17.6 Å². The third-order valence-corrected chi connectivity index (χ3v) is 5.46. The fraction of sp³-hybridized carbons (Fsp3) is 0.300. The van der Waals surface area contributed by atoms with Gasteiger partial charge in [-0.3, -0.25) is 9.59 Å². The number of likely N-dealkylation sites (tertiary alicyclic amines) is 1. The first-order chi connectivity index (χ1) is 13.2. The van der Waals surface area contributed by atoms with Gasteiger partial charge in [0.2, 0.25) is 5.91 Å². The Hall–Kier alpha value is -2.80. The number of amides is 2. The van der Waals surface area contributed by atoms with Crippen LogP contribution in [0.2, 0.25) is 0 Å². The molecule has 4 rings (SSSR count). The number of hydrogen-bond acceptors (Lipinski definition) is 5. The van der Waals surface area contributed by atoms with Crippen LogP contribution in [-0.2, 0) is 11.2 Å². The van der Waals surface area contributed by atoms with E-state index in [2.05, 4.69) is 26.2 Å². The topological polar surface area (TPSA) is 75.2 Å². The summed E-state index contributed by atoms with van der Waals surface area (Å²) in [6.07, 6.45) is 1.51. The average molecular weight is 380 g/mol. The van der Waals surface area contributed by atoms with Gasteiger partial charge < -0.3 is 10.2 Å². The predicted octanol–water partition coefficient (Wildman–Crippen LogP) is 2.51. The summed E-state index contributed by atoms with van der Waals surface area (Å²) >= 11 is 1.14. The number of carbonyl (C=O) groups excluding carboxylic acids is 2. The summed E-state index contributed by atoms with van der Waals surface area (Å²) in [6, 6.07) is 15.4. The molecule has 27 heavy (non-hydrogen) atoms. The van der Waals surface area contributed by atoms with Crippen LogP contribution < -0.4 is 5.32 Å². The van der Waals surface area contributed by atoms with Gasteiger partial charge in [0.15, 0.2) is 0 Å². The molecule has 0 unspecified atom stereocenters. The van der Waals surface area contributed by atoms with Gasteiger partial charge in [0.25, 0.3) is 5.91 Å². The van der Waals surface area contributed by atoms with Gasteiger partial charge in [0.1, 0.15) is 11.0 Å². The van der Waals surface area contributed by atoms with Crippen molar-refractivity contribution in [2.75, 3.05) is 19.6 Å². The average Bonchev–Trinajstić information content (AvgIpc) is 3.37. The standard InChI is InChI=1S/C20H20N4O2S/c25-19(21-10-8-14-4-2-1-3-5-14)16-9-11-24(13-16)20(26)15-6-7-17-18(12-15)23-27-22-17/h1-7,12,16H,8-11,13H2,(H,21,25)/t16-/m0/s1. The normalized spacial score (nSPS) is 16.6. The molecule has 0 radical (unpaired) electrons. The zero-order chi connectivity index (χ0) is 18.6. The Balaban J connectivity index is 1.31. The van der Waals surface area contributed by atoms with E-state index in [-0.39, 0.29) is 17.7 Å². The highest BCUT2D eigenvalue weighted by molar-refractivity contribution is 7.00. The zero-order valence-electron chi connectivity index (χ0n) is 14.8. The first-order valence-electron chi connectivity index (χ1n) is 9.04. The summed E-state index contributed by atoms with van der Waals surface area (Å²) in [7, 11) is 0. The Kier molecular flexibility index (Phi) is 5.11. The first kappa shape index (κ1) is 17.6. The number of nitrogens with one attached hydrogen (secondary N) is 1. The smallest absolute Gasteiger partial charge is 0.253 e. The summed E-state index contributed by atoms with van der Waals surface area (Å²) in [5, 5.41) is 3.00. The second kappa shape index (κ2) is 7.84. The fourth-order valence-corrected chi connectivity index (χ4v) is 3.89. The predicted molar refractivity (Wildman–Crippen MR) is 105 cm³/mol. The van der Waals surface area contributed by atoms with Crippen molar-refractivity contribution in [3.63, 3.8) is 0 Å². The van der Waals surface area contributed by atoms with Crippen molar-refractivity contribution in [1.29, 1.82) is 0 Å². The first-order valence-corrected chi connectivity index (χ1v) is 9.77. The summed E-state index contributed by atoms with van der Waals surface area (Å²) < 4.78 is 8.34. The molecule has 2 aromatic carbocycles. The fourth-order valence-electron chi connectivity index (χ4n) is 3.38. The second-order valence-electron chi connectivity index (χ2n) is 6.73. The number of rotatable bonds is 5. The number of benzene rings is 2. The summed E-state index contributed by atoms with van der Waals surface area (Å²) in [4.78, 5) is 26.9. The van der Waals surface area contributed by atoms with Crippen LogP contribution in [0.15, 0.2) is 48.5 Å². The van der Waals surface area contributed by atoms with Crippen molar-refractivity contribution >= 4 is 34.6 Å². The maximum atomic E-state index is 12.7. The number of carbonyl (C=O) groups is 2. The maximum absolute atomic E-state index is 12.7. The van der Waals surface area contributed by atoms with Crippen molar-refractivity contribution in [2.24, 2.45) is 5.92 Å². The van der Waals surface area contributed by atoms with E-state index in [4.69, 9.17) is 0 Å². The molecule has 0 saturated carbocycles. The number of aromatic nitrogens is 2. The van der Waals surface area contributed by atoms with Crippen LogP contribution >= 0.6 is 11.7 Å². The van der Waals surface area contributed by atoms with Crippen LogP contribution in [0.4, 0.5) is 0 Å². The molecule has 2 heterocycles. The van der Waals surface area contributed by atoms with Gasteiger partial charge in [-0.05, 0) is 36.6 Å². The SMILES string of the molecule is O=C(NCCc1ccccc1)[C@H]1CCN(C(=O)c2ccc3nsnc3c2)C1. The molecule has 0 bridgehead atoms. The number of hydrogen-bond donors (Lipinski definition) is 1. The van der Waals surface area contributed by atoms with Gasteiger partial charge >= 0.3 is 0 Å². The molecule has 1 N–H and O–H groups in total.